The molecule has 0 aromatic heterocycles. The van der Waals surface area contributed by atoms with Crippen LogP contribution in [0.4, 0.5) is 0 Å². The fourth-order valence-corrected chi connectivity index (χ4v) is 10.3. The molecule has 248 valence electrons. The summed E-state index contributed by atoms with van der Waals surface area (Å²) in [5, 5.41) is 8.32. The van der Waals surface area contributed by atoms with Crippen molar-refractivity contribution < 1.29 is 48.1 Å². The van der Waals surface area contributed by atoms with E-state index in [-0.39, 0.29) is 24.8 Å². The maximum absolute atomic E-state index is 2.27. The summed E-state index contributed by atoms with van der Waals surface area (Å²) in [5.41, 5.74) is 10.3. The monoisotopic (exact) mass is 780 g/mol. The van der Waals surface area contributed by atoms with Crippen LogP contribution in [0.2, 0.25) is 0 Å². The molecule has 0 spiro atoms. The summed E-state index contributed by atoms with van der Waals surface area (Å²) in [7, 11) is 0. The molecule has 0 nitrogen and oxygen atoms in total. The van der Waals surface area contributed by atoms with E-state index in [0.717, 1.165) is 0 Å². The van der Waals surface area contributed by atoms with E-state index in [4.69, 9.17) is 0 Å². The first kappa shape index (κ1) is 39.0. The Bertz CT molecular complexity index is 2130. The Kier molecular flexibility index (Phi) is 14.4. The fraction of sp³-hybridized carbons (Fsp3) is 0.0870. The van der Waals surface area contributed by atoms with Crippen LogP contribution in [0.5, 0.6) is 0 Å². The topological polar surface area (TPSA) is 0 Å². The fourth-order valence-electron chi connectivity index (χ4n) is 6.48. The first-order chi connectivity index (χ1) is 23.4. The van der Waals surface area contributed by atoms with Gasteiger partial charge >= 0.3 is 99.8 Å². The van der Waals surface area contributed by atoms with Gasteiger partial charge in [0.15, 0.2) is 0 Å². The van der Waals surface area contributed by atoms with E-state index in [9.17, 15) is 0 Å². The third-order valence-corrected chi connectivity index (χ3v) is 14.8. The van der Waals surface area contributed by atoms with Crippen LogP contribution in [0, 0.1) is 27.7 Å². The summed E-state index contributed by atoms with van der Waals surface area (Å²) in [6.45, 7) is 8.68. The number of hydrogen-bond donors (Lipinski definition) is 0. The predicted molar refractivity (Wildman–Crippen MR) is 207 cm³/mol. The molecule has 0 N–H and O–H groups in total. The first-order valence-electron chi connectivity index (χ1n) is 16.5. The van der Waals surface area contributed by atoms with E-state index in [1.165, 1.54) is 76.4 Å². The molecule has 0 radical (unpaired) electrons. The third-order valence-electron chi connectivity index (χ3n) is 8.77. The molecule has 50 heavy (non-hydrogen) atoms. The SMILES string of the molecule is Cc1cc(-c2cccc3ccccc23)c(C)[cH-]1.Cc1cc(-c2cccc3ccccc23)c(C)[cH-]1.[Cl-].[Cl-].[Zr+2]=[Si](c1ccccc1)c1ccccc1. The second-order valence-electron chi connectivity index (χ2n) is 12.4. The van der Waals surface area contributed by atoms with Crippen molar-refractivity contribution in [1.29, 1.82) is 0 Å². The van der Waals surface area contributed by atoms with E-state index in [1.54, 1.807) is 23.3 Å². The summed E-state index contributed by atoms with van der Waals surface area (Å²) in [4.78, 5) is 0. The summed E-state index contributed by atoms with van der Waals surface area (Å²) < 4.78 is 0. The van der Waals surface area contributed by atoms with Gasteiger partial charge in [0.25, 0.3) is 0 Å². The Morgan fingerprint density at radius 2 is 0.740 bits per heavy atom. The first-order valence-corrected chi connectivity index (χ1v) is 21.7. The van der Waals surface area contributed by atoms with E-state index in [1.807, 2.05) is 0 Å². The van der Waals surface area contributed by atoms with Gasteiger partial charge in [0.2, 0.25) is 0 Å². The van der Waals surface area contributed by atoms with Crippen LogP contribution in [0.25, 0.3) is 43.8 Å². The van der Waals surface area contributed by atoms with Gasteiger partial charge in [-0.15, -0.1) is 0 Å². The molecule has 8 rings (SSSR count). The standard InChI is InChI=1S/2C17H15.C12H10Si.2ClH.Zr/c2*1-12-10-13(2)17(11-12)16-9-5-7-14-6-3-4-8-15(14)16;1-3-7-11(8-4-1)13-12-9-5-2-6-10-12;;;/h2*3-11H,1-2H3;1-10H;2*1H;/q2*-1;;;;+2/p-2. The van der Waals surface area contributed by atoms with Crippen molar-refractivity contribution >= 4 is 37.4 Å². The molecule has 0 unspecified atom stereocenters. The molecule has 0 amide bonds. The molecule has 0 heterocycles. The average molecular weight is 783 g/mol. The second kappa shape index (κ2) is 18.5. The van der Waals surface area contributed by atoms with Gasteiger partial charge in [0.1, 0.15) is 0 Å². The molecule has 0 aliphatic carbocycles. The number of aryl methyl sites for hydroxylation is 4. The molecule has 8 aromatic rings. The summed E-state index contributed by atoms with van der Waals surface area (Å²) in [5.74, 6) is 0. The number of benzene rings is 6. The molecular formula is C46H40Cl2SiZr-2. The van der Waals surface area contributed by atoms with Crippen molar-refractivity contribution in [3.05, 3.63) is 192 Å². The second-order valence-corrected chi connectivity index (χ2v) is 18.0. The van der Waals surface area contributed by atoms with Crippen LogP contribution in [0.15, 0.2) is 170 Å². The average Bonchev–Trinajstić information content (AvgIpc) is 3.66. The number of hydrogen-bond acceptors (Lipinski definition) is 0. The molecule has 0 fully saturated rings. The van der Waals surface area contributed by atoms with Gasteiger partial charge in [-0.25, -0.2) is 12.1 Å². The summed E-state index contributed by atoms with van der Waals surface area (Å²) in [6.07, 6.45) is 0. The molecule has 4 heteroatoms. The van der Waals surface area contributed by atoms with Gasteiger partial charge < -0.3 is 24.8 Å². The minimum atomic E-state index is -0.455. The normalized spacial score (nSPS) is 10.2. The Morgan fingerprint density at radius 3 is 1.10 bits per heavy atom. The molecule has 0 saturated carbocycles. The van der Waals surface area contributed by atoms with E-state index < -0.39 is 5.43 Å². The molecule has 0 aliphatic rings. The quantitative estimate of drug-likeness (QED) is 0.174. The molecule has 0 saturated heterocycles. The van der Waals surface area contributed by atoms with Gasteiger partial charge in [-0.05, 0) is 21.5 Å². The van der Waals surface area contributed by atoms with Gasteiger partial charge in [-0.1, -0.05) is 124 Å². The van der Waals surface area contributed by atoms with Gasteiger partial charge in [-0.2, -0.15) is 45.5 Å². The molecule has 0 atom stereocenters. The van der Waals surface area contributed by atoms with Crippen molar-refractivity contribution in [3.8, 4) is 22.3 Å². The minimum absolute atomic E-state index is 0. The van der Waals surface area contributed by atoms with Crippen LogP contribution >= 0.6 is 0 Å². The zero-order chi connectivity index (χ0) is 33.5. The van der Waals surface area contributed by atoms with Crippen molar-refractivity contribution in [3.63, 3.8) is 0 Å². The van der Waals surface area contributed by atoms with Crippen molar-refractivity contribution in [2.24, 2.45) is 0 Å². The Balaban J connectivity index is 0.000000166. The van der Waals surface area contributed by atoms with Crippen LogP contribution in [-0.2, 0) is 23.3 Å². The zero-order valence-electron chi connectivity index (χ0n) is 28.9. The molecule has 0 aliphatic heterocycles. The van der Waals surface area contributed by atoms with Crippen molar-refractivity contribution in [1.82, 2.24) is 0 Å². The van der Waals surface area contributed by atoms with Crippen molar-refractivity contribution in [2.45, 2.75) is 27.7 Å². The Morgan fingerprint density at radius 1 is 0.400 bits per heavy atom. The Hall–Kier alpha value is -3.78. The summed E-state index contributed by atoms with van der Waals surface area (Å²) >= 11 is 1.64. The van der Waals surface area contributed by atoms with Crippen LogP contribution < -0.4 is 35.2 Å². The molecule has 8 aromatic carbocycles. The van der Waals surface area contributed by atoms with Crippen LogP contribution in [0.3, 0.4) is 0 Å². The van der Waals surface area contributed by atoms with Crippen molar-refractivity contribution in [2.75, 3.05) is 0 Å². The number of fused-ring (bicyclic) bond motifs is 2. The molecular weight excluding hydrogens is 743 g/mol. The van der Waals surface area contributed by atoms with Crippen LogP contribution in [-0.4, -0.2) is 5.43 Å². The van der Waals surface area contributed by atoms with Crippen LogP contribution in [0.1, 0.15) is 22.3 Å². The third kappa shape index (κ3) is 9.30. The van der Waals surface area contributed by atoms with Gasteiger partial charge in [-0.3, -0.25) is 0 Å². The van der Waals surface area contributed by atoms with E-state index in [2.05, 4.69) is 198 Å². The Labute approximate surface area is 325 Å². The molecule has 0 bridgehead atoms. The maximum atomic E-state index is 2.27. The number of halogens is 2. The zero-order valence-corrected chi connectivity index (χ0v) is 33.9. The van der Waals surface area contributed by atoms with Gasteiger partial charge in [0.05, 0.1) is 0 Å². The summed E-state index contributed by atoms with van der Waals surface area (Å²) in [6, 6.07) is 60.9. The van der Waals surface area contributed by atoms with E-state index >= 15 is 0 Å². The van der Waals surface area contributed by atoms with Gasteiger partial charge in [0, 0.05) is 0 Å². The predicted octanol–water partition coefficient (Wildman–Crippen LogP) is 5.03. The number of rotatable bonds is 4. The van der Waals surface area contributed by atoms with E-state index in [0.29, 0.717) is 0 Å².